The quantitative estimate of drug-likeness (QED) is 0.551. The maximum Gasteiger partial charge on any atom is 0.259 e. The minimum absolute atomic E-state index is 0.0753. The maximum absolute atomic E-state index is 12.7. The van der Waals surface area contributed by atoms with Crippen molar-refractivity contribution in [3.8, 4) is 22.6 Å². The van der Waals surface area contributed by atoms with E-state index in [9.17, 15) is 4.79 Å². The van der Waals surface area contributed by atoms with Crippen LogP contribution in [0.25, 0.3) is 21.9 Å². The van der Waals surface area contributed by atoms with Crippen molar-refractivity contribution in [2.24, 2.45) is 7.05 Å². The fourth-order valence-electron chi connectivity index (χ4n) is 3.79. The average Bonchev–Trinajstić information content (AvgIpc) is 2.78. The molecule has 7 nitrogen and oxygen atoms in total. The average molecular weight is 425 g/mol. The largest absolute Gasteiger partial charge is 0.496 e. The fourth-order valence-corrected chi connectivity index (χ4v) is 3.79. The van der Waals surface area contributed by atoms with E-state index in [1.54, 1.807) is 32.0 Å². The number of hydrogen-bond acceptors (Lipinski definition) is 6. The molecular weight excluding hydrogens is 392 g/mol. The lowest BCUT2D eigenvalue weighted by atomic mass is 9.98. The van der Waals surface area contributed by atoms with E-state index in [2.05, 4.69) is 23.7 Å². The van der Waals surface area contributed by atoms with E-state index in [1.165, 1.54) is 0 Å². The maximum atomic E-state index is 12.7. The third-order valence-corrected chi connectivity index (χ3v) is 5.71. The SMILES string of the molecule is CCN(CC)Cc1c(OC)cc(-c2cn(C)c(=O)c3cnc(N(C)C)cc23)cc1OC. The van der Waals surface area contributed by atoms with E-state index in [0.29, 0.717) is 5.39 Å². The van der Waals surface area contributed by atoms with Crippen LogP contribution >= 0.6 is 0 Å². The van der Waals surface area contributed by atoms with E-state index < -0.39 is 0 Å². The van der Waals surface area contributed by atoms with Gasteiger partial charge in [0.25, 0.3) is 5.56 Å². The van der Waals surface area contributed by atoms with Crippen molar-refractivity contribution in [1.29, 1.82) is 0 Å². The summed E-state index contributed by atoms with van der Waals surface area (Å²) in [5.41, 5.74) is 2.79. The molecule has 2 aromatic heterocycles. The van der Waals surface area contributed by atoms with Crippen LogP contribution in [0.4, 0.5) is 5.82 Å². The number of rotatable bonds is 8. The van der Waals surface area contributed by atoms with Gasteiger partial charge < -0.3 is 18.9 Å². The zero-order valence-electron chi connectivity index (χ0n) is 19.5. The van der Waals surface area contributed by atoms with Crippen LogP contribution in [0.3, 0.4) is 0 Å². The summed E-state index contributed by atoms with van der Waals surface area (Å²) >= 11 is 0. The van der Waals surface area contributed by atoms with Gasteiger partial charge in [-0.3, -0.25) is 9.69 Å². The number of anilines is 1. The van der Waals surface area contributed by atoms with Crippen molar-refractivity contribution >= 4 is 16.6 Å². The topological polar surface area (TPSA) is 59.8 Å². The normalized spacial score (nSPS) is 11.2. The highest BCUT2D eigenvalue weighted by atomic mass is 16.5. The molecule has 31 heavy (non-hydrogen) atoms. The highest BCUT2D eigenvalue weighted by Gasteiger charge is 2.18. The van der Waals surface area contributed by atoms with Gasteiger partial charge in [0.15, 0.2) is 0 Å². The minimum atomic E-state index is -0.0753. The van der Waals surface area contributed by atoms with Crippen molar-refractivity contribution < 1.29 is 9.47 Å². The van der Waals surface area contributed by atoms with E-state index >= 15 is 0 Å². The number of pyridine rings is 2. The number of methoxy groups -OCH3 is 2. The van der Waals surface area contributed by atoms with Gasteiger partial charge in [-0.15, -0.1) is 0 Å². The lowest BCUT2D eigenvalue weighted by Gasteiger charge is -2.22. The Hall–Kier alpha value is -3.06. The molecule has 3 rings (SSSR count). The molecule has 0 aliphatic rings. The molecular formula is C24H32N4O3. The van der Waals surface area contributed by atoms with E-state index in [1.807, 2.05) is 43.4 Å². The van der Waals surface area contributed by atoms with Gasteiger partial charge in [-0.2, -0.15) is 0 Å². The van der Waals surface area contributed by atoms with Gasteiger partial charge in [-0.25, -0.2) is 4.98 Å². The van der Waals surface area contributed by atoms with Crippen molar-refractivity contribution in [2.75, 3.05) is 46.3 Å². The Kier molecular flexibility index (Phi) is 6.85. The molecule has 0 aliphatic carbocycles. The molecule has 2 heterocycles. The number of fused-ring (bicyclic) bond motifs is 1. The van der Waals surface area contributed by atoms with Gasteiger partial charge in [0.2, 0.25) is 0 Å². The van der Waals surface area contributed by atoms with Gasteiger partial charge in [0.1, 0.15) is 17.3 Å². The zero-order chi connectivity index (χ0) is 22.7. The Morgan fingerprint density at radius 3 is 2.13 bits per heavy atom. The van der Waals surface area contributed by atoms with Crippen LogP contribution < -0.4 is 19.9 Å². The van der Waals surface area contributed by atoms with Crippen molar-refractivity contribution in [3.05, 3.63) is 46.5 Å². The number of aromatic nitrogens is 2. The second kappa shape index (κ2) is 9.39. The van der Waals surface area contributed by atoms with E-state index in [4.69, 9.17) is 9.47 Å². The van der Waals surface area contributed by atoms with Gasteiger partial charge in [0, 0.05) is 51.0 Å². The number of nitrogens with zero attached hydrogens (tertiary/aromatic N) is 4. The molecule has 0 unspecified atom stereocenters. The summed E-state index contributed by atoms with van der Waals surface area (Å²) in [4.78, 5) is 21.4. The summed E-state index contributed by atoms with van der Waals surface area (Å²) in [6, 6.07) is 6.00. The summed E-state index contributed by atoms with van der Waals surface area (Å²) in [5, 5.41) is 1.43. The fraction of sp³-hybridized carbons (Fsp3) is 0.417. The Bertz CT molecular complexity index is 1110. The first kappa shape index (κ1) is 22.6. The summed E-state index contributed by atoms with van der Waals surface area (Å²) < 4.78 is 13.1. The van der Waals surface area contributed by atoms with Crippen LogP contribution in [0.1, 0.15) is 19.4 Å². The molecule has 1 aromatic carbocycles. The highest BCUT2D eigenvalue weighted by molar-refractivity contribution is 5.97. The number of aryl methyl sites for hydroxylation is 1. The Morgan fingerprint density at radius 1 is 1.00 bits per heavy atom. The van der Waals surface area contributed by atoms with E-state index in [0.717, 1.165) is 59.0 Å². The molecule has 0 saturated carbocycles. The Morgan fingerprint density at radius 2 is 1.61 bits per heavy atom. The number of ether oxygens (including phenoxy) is 2. The minimum Gasteiger partial charge on any atom is -0.496 e. The summed E-state index contributed by atoms with van der Waals surface area (Å²) in [6.45, 7) is 6.91. The highest BCUT2D eigenvalue weighted by Crippen LogP contribution is 2.38. The van der Waals surface area contributed by atoms with Crippen LogP contribution in [-0.4, -0.2) is 55.9 Å². The van der Waals surface area contributed by atoms with Gasteiger partial charge in [-0.1, -0.05) is 13.8 Å². The molecule has 3 aromatic rings. The predicted octanol–water partition coefficient (Wildman–Crippen LogP) is 3.53. The molecule has 0 aliphatic heterocycles. The Labute approximate surface area is 183 Å². The van der Waals surface area contributed by atoms with Gasteiger partial charge in [0.05, 0.1) is 25.2 Å². The van der Waals surface area contributed by atoms with Crippen molar-refractivity contribution in [2.45, 2.75) is 20.4 Å². The van der Waals surface area contributed by atoms with Crippen LogP contribution in [0.5, 0.6) is 11.5 Å². The second-order valence-corrected chi connectivity index (χ2v) is 7.76. The van der Waals surface area contributed by atoms with Gasteiger partial charge >= 0.3 is 0 Å². The molecule has 0 fully saturated rings. The van der Waals surface area contributed by atoms with Crippen molar-refractivity contribution in [1.82, 2.24) is 14.5 Å². The molecule has 0 bridgehead atoms. The monoisotopic (exact) mass is 424 g/mol. The molecule has 0 spiro atoms. The summed E-state index contributed by atoms with van der Waals surface area (Å²) in [7, 11) is 8.98. The van der Waals surface area contributed by atoms with Crippen LogP contribution in [0, 0.1) is 0 Å². The molecule has 0 amide bonds. The molecule has 0 saturated heterocycles. The van der Waals surface area contributed by atoms with Crippen LogP contribution in [0.15, 0.2) is 35.4 Å². The number of benzene rings is 1. The standard InChI is InChI=1S/C24H32N4O3/c1-8-28(9-2)15-20-21(30-6)10-16(11-22(20)31-7)19-14-27(5)24(29)18-13-25-23(26(3)4)12-17(18)19/h10-14H,8-9,15H2,1-7H3. The van der Waals surface area contributed by atoms with Crippen LogP contribution in [-0.2, 0) is 13.6 Å². The first-order valence-electron chi connectivity index (χ1n) is 10.5. The van der Waals surface area contributed by atoms with Gasteiger partial charge in [-0.05, 0) is 36.9 Å². The molecule has 7 heteroatoms. The molecule has 0 atom stereocenters. The predicted molar refractivity (Wildman–Crippen MR) is 126 cm³/mol. The third-order valence-electron chi connectivity index (χ3n) is 5.71. The van der Waals surface area contributed by atoms with Crippen LogP contribution in [0.2, 0.25) is 0 Å². The van der Waals surface area contributed by atoms with Crippen molar-refractivity contribution in [3.63, 3.8) is 0 Å². The number of hydrogen-bond donors (Lipinski definition) is 0. The molecule has 0 radical (unpaired) electrons. The molecule has 166 valence electrons. The lowest BCUT2D eigenvalue weighted by molar-refractivity contribution is 0.281. The smallest absolute Gasteiger partial charge is 0.259 e. The summed E-state index contributed by atoms with van der Waals surface area (Å²) in [5.74, 6) is 2.33. The first-order valence-corrected chi connectivity index (χ1v) is 10.5. The zero-order valence-corrected chi connectivity index (χ0v) is 19.5. The summed E-state index contributed by atoms with van der Waals surface area (Å²) in [6.07, 6.45) is 3.52. The Balaban J connectivity index is 2.28. The second-order valence-electron chi connectivity index (χ2n) is 7.76. The van der Waals surface area contributed by atoms with E-state index in [-0.39, 0.29) is 5.56 Å². The first-order chi connectivity index (χ1) is 14.8. The third kappa shape index (κ3) is 4.37. The lowest BCUT2D eigenvalue weighted by Crippen LogP contribution is -2.23. The molecule has 0 N–H and O–H groups in total.